The van der Waals surface area contributed by atoms with Gasteiger partial charge in [0.15, 0.2) is 11.6 Å². The minimum absolute atomic E-state index is 0.107. The fourth-order valence-electron chi connectivity index (χ4n) is 2.10. The highest BCUT2D eigenvalue weighted by molar-refractivity contribution is 5.29. The maximum atomic E-state index is 13.7. The third-order valence-corrected chi connectivity index (χ3v) is 3.08. The Bertz CT molecular complexity index is 378. The van der Waals surface area contributed by atoms with E-state index in [1.54, 1.807) is 6.07 Å². The fraction of sp³-hybridized carbons (Fsp3) is 0.571. The third-order valence-electron chi connectivity index (χ3n) is 3.08. The zero-order valence-electron chi connectivity index (χ0n) is 10.7. The Morgan fingerprint density at radius 2 is 2.33 bits per heavy atom. The molecule has 0 radical (unpaired) electrons. The second kappa shape index (κ2) is 6.71. The summed E-state index contributed by atoms with van der Waals surface area (Å²) in [5.41, 5.74) is 0.913. The van der Waals surface area contributed by atoms with Crippen LogP contribution in [0.2, 0.25) is 0 Å². The molecule has 0 bridgehead atoms. The molecule has 1 atom stereocenters. The molecule has 18 heavy (non-hydrogen) atoms. The van der Waals surface area contributed by atoms with Crippen molar-refractivity contribution in [3.63, 3.8) is 0 Å². The number of hydrogen-bond donors (Lipinski definition) is 1. The molecule has 0 amide bonds. The van der Waals surface area contributed by atoms with Crippen molar-refractivity contribution in [3.8, 4) is 5.75 Å². The largest absolute Gasteiger partial charge is 0.488 e. The molecule has 1 fully saturated rings. The number of rotatable bonds is 5. The van der Waals surface area contributed by atoms with Crippen molar-refractivity contribution in [2.24, 2.45) is 0 Å². The van der Waals surface area contributed by atoms with Crippen LogP contribution in [0.25, 0.3) is 0 Å². The van der Waals surface area contributed by atoms with E-state index < -0.39 is 0 Å². The molecule has 0 aromatic heterocycles. The van der Waals surface area contributed by atoms with Crippen LogP contribution in [0, 0.1) is 5.82 Å². The second-order valence-electron chi connectivity index (χ2n) is 4.59. The summed E-state index contributed by atoms with van der Waals surface area (Å²) in [5.74, 6) is 0.00239. The smallest absolute Gasteiger partial charge is 0.165 e. The van der Waals surface area contributed by atoms with E-state index in [4.69, 9.17) is 9.47 Å². The van der Waals surface area contributed by atoms with E-state index in [0.29, 0.717) is 18.9 Å². The topological polar surface area (TPSA) is 30.5 Å². The van der Waals surface area contributed by atoms with Crippen molar-refractivity contribution in [3.05, 3.63) is 29.6 Å². The van der Waals surface area contributed by atoms with Crippen LogP contribution in [0.4, 0.5) is 4.39 Å². The standard InChI is InChI=1S/C14H20FNO2/c1-16-9-11-5-6-14(13(15)8-11)18-10-12-4-2-3-7-17-12/h5-6,8,12,16H,2-4,7,9-10H2,1H3. The van der Waals surface area contributed by atoms with Gasteiger partial charge < -0.3 is 14.8 Å². The average molecular weight is 253 g/mol. The van der Waals surface area contributed by atoms with Crippen molar-refractivity contribution >= 4 is 0 Å². The zero-order chi connectivity index (χ0) is 12.8. The molecule has 1 aliphatic rings. The first-order valence-corrected chi connectivity index (χ1v) is 6.47. The van der Waals surface area contributed by atoms with Gasteiger partial charge in [-0.15, -0.1) is 0 Å². The van der Waals surface area contributed by atoms with Crippen molar-refractivity contribution < 1.29 is 13.9 Å². The first-order valence-electron chi connectivity index (χ1n) is 6.47. The summed E-state index contributed by atoms with van der Waals surface area (Å²) in [6.07, 6.45) is 3.39. The van der Waals surface area contributed by atoms with Crippen LogP contribution >= 0.6 is 0 Å². The van der Waals surface area contributed by atoms with Gasteiger partial charge in [0.05, 0.1) is 6.10 Å². The Labute approximate surface area is 107 Å². The van der Waals surface area contributed by atoms with Gasteiger partial charge in [0, 0.05) is 13.2 Å². The van der Waals surface area contributed by atoms with E-state index in [-0.39, 0.29) is 11.9 Å². The molecule has 3 nitrogen and oxygen atoms in total. The van der Waals surface area contributed by atoms with Gasteiger partial charge in [-0.1, -0.05) is 6.07 Å². The molecule has 0 spiro atoms. The van der Waals surface area contributed by atoms with Crippen LogP contribution in [-0.4, -0.2) is 26.4 Å². The lowest BCUT2D eigenvalue weighted by Gasteiger charge is -2.22. The Morgan fingerprint density at radius 3 is 3.00 bits per heavy atom. The molecule has 1 aromatic rings. The van der Waals surface area contributed by atoms with E-state index in [0.717, 1.165) is 31.4 Å². The molecule has 4 heteroatoms. The van der Waals surface area contributed by atoms with Crippen molar-refractivity contribution in [2.75, 3.05) is 20.3 Å². The average Bonchev–Trinajstić information content (AvgIpc) is 2.39. The number of ether oxygens (including phenoxy) is 2. The predicted molar refractivity (Wildman–Crippen MR) is 68.2 cm³/mol. The molecule has 0 saturated carbocycles. The van der Waals surface area contributed by atoms with Gasteiger partial charge in [0.1, 0.15) is 6.61 Å². The number of benzene rings is 1. The summed E-state index contributed by atoms with van der Waals surface area (Å²) in [6.45, 7) is 1.88. The molecule has 2 rings (SSSR count). The van der Waals surface area contributed by atoms with Crippen molar-refractivity contribution in [2.45, 2.75) is 31.9 Å². The first-order chi connectivity index (χ1) is 8.79. The van der Waals surface area contributed by atoms with Crippen LogP contribution in [0.15, 0.2) is 18.2 Å². The summed E-state index contributed by atoms with van der Waals surface area (Å²) in [4.78, 5) is 0. The lowest BCUT2D eigenvalue weighted by Crippen LogP contribution is -2.26. The van der Waals surface area contributed by atoms with E-state index in [9.17, 15) is 4.39 Å². The quantitative estimate of drug-likeness (QED) is 0.874. The molecule has 1 N–H and O–H groups in total. The highest BCUT2D eigenvalue weighted by Gasteiger charge is 2.15. The van der Waals surface area contributed by atoms with E-state index in [1.807, 2.05) is 13.1 Å². The molecular formula is C14H20FNO2. The van der Waals surface area contributed by atoms with Crippen LogP contribution in [-0.2, 0) is 11.3 Å². The summed E-state index contributed by atoms with van der Waals surface area (Å²) in [7, 11) is 1.84. The van der Waals surface area contributed by atoms with Gasteiger partial charge in [-0.2, -0.15) is 0 Å². The number of hydrogen-bond acceptors (Lipinski definition) is 3. The predicted octanol–water partition coefficient (Wildman–Crippen LogP) is 2.49. The van der Waals surface area contributed by atoms with Gasteiger partial charge in [-0.3, -0.25) is 0 Å². The van der Waals surface area contributed by atoms with E-state index in [2.05, 4.69) is 5.32 Å². The molecule has 1 saturated heterocycles. The summed E-state index contributed by atoms with van der Waals surface area (Å²) in [5, 5.41) is 2.99. The molecule has 1 unspecified atom stereocenters. The van der Waals surface area contributed by atoms with E-state index in [1.165, 1.54) is 6.07 Å². The van der Waals surface area contributed by atoms with Crippen molar-refractivity contribution in [1.82, 2.24) is 5.32 Å². The van der Waals surface area contributed by atoms with Gasteiger partial charge in [0.25, 0.3) is 0 Å². The highest BCUT2D eigenvalue weighted by Crippen LogP contribution is 2.20. The lowest BCUT2D eigenvalue weighted by molar-refractivity contribution is -0.0117. The molecular weight excluding hydrogens is 233 g/mol. The maximum absolute atomic E-state index is 13.7. The Hall–Kier alpha value is -1.13. The second-order valence-corrected chi connectivity index (χ2v) is 4.59. The molecule has 0 aliphatic carbocycles. The molecule has 1 aliphatic heterocycles. The van der Waals surface area contributed by atoms with Gasteiger partial charge in [0.2, 0.25) is 0 Å². The Morgan fingerprint density at radius 1 is 1.44 bits per heavy atom. The van der Waals surface area contributed by atoms with Crippen LogP contribution in [0.5, 0.6) is 5.75 Å². The number of nitrogens with one attached hydrogen (secondary N) is 1. The summed E-state index contributed by atoms with van der Waals surface area (Å²) in [6, 6.07) is 5.06. The van der Waals surface area contributed by atoms with Gasteiger partial charge in [-0.05, 0) is 44.0 Å². The molecule has 1 aromatic carbocycles. The normalized spacial score (nSPS) is 19.8. The summed E-state index contributed by atoms with van der Waals surface area (Å²) < 4.78 is 24.8. The summed E-state index contributed by atoms with van der Waals surface area (Å²) >= 11 is 0. The molecule has 100 valence electrons. The van der Waals surface area contributed by atoms with Crippen LogP contribution in [0.3, 0.4) is 0 Å². The Balaban J connectivity index is 1.88. The maximum Gasteiger partial charge on any atom is 0.165 e. The number of halogens is 1. The lowest BCUT2D eigenvalue weighted by atomic mass is 10.1. The van der Waals surface area contributed by atoms with Crippen LogP contribution < -0.4 is 10.1 Å². The highest BCUT2D eigenvalue weighted by atomic mass is 19.1. The van der Waals surface area contributed by atoms with Gasteiger partial charge >= 0.3 is 0 Å². The van der Waals surface area contributed by atoms with Crippen LogP contribution in [0.1, 0.15) is 24.8 Å². The first kappa shape index (κ1) is 13.3. The SMILES string of the molecule is CNCc1ccc(OCC2CCCCO2)c(F)c1. The van der Waals surface area contributed by atoms with Crippen molar-refractivity contribution in [1.29, 1.82) is 0 Å². The Kier molecular flexibility index (Phi) is 4.96. The minimum atomic E-state index is -0.307. The monoisotopic (exact) mass is 253 g/mol. The van der Waals surface area contributed by atoms with E-state index >= 15 is 0 Å². The zero-order valence-corrected chi connectivity index (χ0v) is 10.7. The third kappa shape index (κ3) is 3.68. The fourth-order valence-corrected chi connectivity index (χ4v) is 2.10. The van der Waals surface area contributed by atoms with Gasteiger partial charge in [-0.25, -0.2) is 4.39 Å². The molecule has 1 heterocycles. The minimum Gasteiger partial charge on any atom is -0.488 e.